The van der Waals surface area contributed by atoms with Crippen molar-refractivity contribution in [3.8, 4) is 0 Å². The minimum absolute atomic E-state index is 0.0812. The molecule has 0 radical (unpaired) electrons. The molecular formula is C53H96O5. The highest BCUT2D eigenvalue weighted by Gasteiger charge is 2.17. The molecule has 0 aromatic rings. The molecule has 58 heavy (non-hydrogen) atoms. The molecule has 1 unspecified atom stereocenters. The van der Waals surface area contributed by atoms with Gasteiger partial charge < -0.3 is 14.2 Å². The first-order chi connectivity index (χ1) is 28.6. The van der Waals surface area contributed by atoms with Gasteiger partial charge in [0.2, 0.25) is 0 Å². The minimum Gasteiger partial charge on any atom is -0.462 e. The topological polar surface area (TPSA) is 61.8 Å². The van der Waals surface area contributed by atoms with Gasteiger partial charge in [0.15, 0.2) is 6.10 Å². The van der Waals surface area contributed by atoms with Crippen LogP contribution in [0.2, 0.25) is 0 Å². The van der Waals surface area contributed by atoms with Crippen LogP contribution in [-0.2, 0) is 23.8 Å². The zero-order valence-electron chi connectivity index (χ0n) is 38.8. The maximum atomic E-state index is 12.7. The molecule has 0 aliphatic rings. The lowest BCUT2D eigenvalue weighted by molar-refractivity contribution is -0.163. The second kappa shape index (κ2) is 49.2. The fourth-order valence-corrected chi connectivity index (χ4v) is 7.15. The molecular weight excluding hydrogens is 717 g/mol. The number of esters is 2. The summed E-state index contributed by atoms with van der Waals surface area (Å²) < 4.78 is 17.3. The summed E-state index contributed by atoms with van der Waals surface area (Å²) in [6.07, 6.45) is 59.8. The van der Waals surface area contributed by atoms with Gasteiger partial charge in [0, 0.05) is 19.4 Å². The van der Waals surface area contributed by atoms with E-state index in [-0.39, 0.29) is 25.2 Å². The predicted octanol–water partition coefficient (Wildman–Crippen LogP) is 16.8. The van der Waals surface area contributed by atoms with E-state index in [0.717, 1.165) is 70.6 Å². The lowest BCUT2D eigenvalue weighted by Crippen LogP contribution is -2.30. The fourth-order valence-electron chi connectivity index (χ4n) is 7.15. The Labute approximate surface area is 361 Å². The molecule has 0 rings (SSSR count). The van der Waals surface area contributed by atoms with Crippen molar-refractivity contribution in [1.82, 2.24) is 0 Å². The average Bonchev–Trinajstić information content (AvgIpc) is 3.22. The van der Waals surface area contributed by atoms with Crippen LogP contribution in [0.4, 0.5) is 0 Å². The number of carbonyl (C=O) groups is 2. The molecule has 0 aromatic carbocycles. The van der Waals surface area contributed by atoms with Gasteiger partial charge in [0.25, 0.3) is 0 Å². The van der Waals surface area contributed by atoms with Crippen LogP contribution in [0.1, 0.15) is 252 Å². The molecule has 0 bridgehead atoms. The van der Waals surface area contributed by atoms with E-state index < -0.39 is 6.10 Å². The minimum atomic E-state index is -0.535. The monoisotopic (exact) mass is 813 g/mol. The summed E-state index contributed by atoms with van der Waals surface area (Å²) in [6.45, 7) is 7.70. The maximum Gasteiger partial charge on any atom is 0.306 e. The number of hydrogen-bond donors (Lipinski definition) is 0. The van der Waals surface area contributed by atoms with Crippen molar-refractivity contribution >= 4 is 11.9 Å². The van der Waals surface area contributed by atoms with Gasteiger partial charge in [-0.1, -0.05) is 230 Å². The van der Waals surface area contributed by atoms with Gasteiger partial charge in [0.05, 0.1) is 6.61 Å². The number of hydrogen-bond acceptors (Lipinski definition) is 5. The van der Waals surface area contributed by atoms with Crippen molar-refractivity contribution in [3.63, 3.8) is 0 Å². The van der Waals surface area contributed by atoms with Crippen LogP contribution in [-0.4, -0.2) is 37.9 Å². The van der Waals surface area contributed by atoms with Crippen molar-refractivity contribution in [2.75, 3.05) is 19.8 Å². The lowest BCUT2D eigenvalue weighted by Gasteiger charge is -2.18. The van der Waals surface area contributed by atoms with Gasteiger partial charge in [-0.25, -0.2) is 0 Å². The van der Waals surface area contributed by atoms with E-state index in [2.05, 4.69) is 69.4 Å². The van der Waals surface area contributed by atoms with Crippen LogP contribution >= 0.6 is 0 Å². The molecule has 1 atom stereocenters. The van der Waals surface area contributed by atoms with E-state index in [1.807, 2.05) is 0 Å². The molecule has 0 amide bonds. The summed E-state index contributed by atoms with van der Waals surface area (Å²) in [7, 11) is 0. The zero-order valence-corrected chi connectivity index (χ0v) is 38.8. The number of unbranched alkanes of at least 4 members (excludes halogenated alkanes) is 27. The first kappa shape index (κ1) is 55.9. The summed E-state index contributed by atoms with van der Waals surface area (Å²) >= 11 is 0. The molecule has 5 nitrogen and oxygen atoms in total. The highest BCUT2D eigenvalue weighted by Crippen LogP contribution is 2.15. The molecule has 0 aliphatic carbocycles. The van der Waals surface area contributed by atoms with Crippen LogP contribution in [0, 0.1) is 0 Å². The van der Waals surface area contributed by atoms with Crippen LogP contribution in [0.5, 0.6) is 0 Å². The Morgan fingerprint density at radius 2 is 0.776 bits per heavy atom. The van der Waals surface area contributed by atoms with Gasteiger partial charge in [0.1, 0.15) is 6.61 Å². The normalized spacial score (nSPS) is 12.5. The zero-order chi connectivity index (χ0) is 42.1. The highest BCUT2D eigenvalue weighted by molar-refractivity contribution is 5.70. The third-order valence-electron chi connectivity index (χ3n) is 10.9. The Kier molecular flexibility index (Phi) is 47.4. The Hall–Kier alpha value is -2.14. The first-order valence-electron chi connectivity index (χ1n) is 25.2. The summed E-state index contributed by atoms with van der Waals surface area (Å²) in [5, 5.41) is 0. The molecule has 0 saturated heterocycles. The van der Waals surface area contributed by atoms with E-state index in [9.17, 15) is 9.59 Å². The van der Waals surface area contributed by atoms with Crippen LogP contribution < -0.4 is 0 Å². The Bertz CT molecular complexity index is 966. The molecule has 0 N–H and O–H groups in total. The van der Waals surface area contributed by atoms with E-state index in [0.29, 0.717) is 19.4 Å². The largest absolute Gasteiger partial charge is 0.462 e. The van der Waals surface area contributed by atoms with Crippen molar-refractivity contribution in [1.29, 1.82) is 0 Å². The van der Waals surface area contributed by atoms with Crippen molar-refractivity contribution in [2.24, 2.45) is 0 Å². The predicted molar refractivity (Wildman–Crippen MR) is 251 cm³/mol. The number of allylic oxidation sites excluding steroid dienone is 8. The van der Waals surface area contributed by atoms with E-state index in [1.165, 1.54) is 148 Å². The van der Waals surface area contributed by atoms with E-state index in [4.69, 9.17) is 14.2 Å². The summed E-state index contributed by atoms with van der Waals surface area (Å²) in [5.74, 6) is -0.409. The highest BCUT2D eigenvalue weighted by atomic mass is 16.6. The Balaban J connectivity index is 4.12. The summed E-state index contributed by atoms with van der Waals surface area (Å²) in [6, 6.07) is 0. The lowest BCUT2D eigenvalue weighted by atomic mass is 10.0. The van der Waals surface area contributed by atoms with Gasteiger partial charge in [-0.3, -0.25) is 9.59 Å². The van der Waals surface area contributed by atoms with Crippen molar-refractivity contribution in [2.45, 2.75) is 258 Å². The molecule has 0 heterocycles. The van der Waals surface area contributed by atoms with Crippen molar-refractivity contribution in [3.05, 3.63) is 48.6 Å². The first-order valence-corrected chi connectivity index (χ1v) is 25.2. The summed E-state index contributed by atoms with van der Waals surface area (Å²) in [4.78, 5) is 25.2. The smallest absolute Gasteiger partial charge is 0.306 e. The van der Waals surface area contributed by atoms with Gasteiger partial charge in [-0.05, 0) is 57.8 Å². The van der Waals surface area contributed by atoms with Crippen LogP contribution in [0.15, 0.2) is 48.6 Å². The summed E-state index contributed by atoms with van der Waals surface area (Å²) in [5.41, 5.74) is 0. The molecule has 5 heteroatoms. The number of rotatable bonds is 46. The Morgan fingerprint density at radius 3 is 1.24 bits per heavy atom. The number of carbonyl (C=O) groups excluding carboxylic acids is 2. The molecule has 0 aromatic heterocycles. The maximum absolute atomic E-state index is 12.7. The van der Waals surface area contributed by atoms with Gasteiger partial charge in [-0.15, -0.1) is 0 Å². The van der Waals surface area contributed by atoms with Gasteiger partial charge >= 0.3 is 11.9 Å². The standard InChI is InChI=1S/C53H96O5/c1-4-7-10-13-16-18-20-22-24-26-27-28-29-31-33-35-38-40-43-46-52(54)57-50-51(58-53(55)47-44-41-37-15-12-9-6-3)49-56-48-45-42-39-36-34-32-30-25-23-21-19-17-14-11-8-5-2/h7,10,16,18,22,24,27-28,51H,4-6,8-9,11-15,17,19-21,23,25-26,29-50H2,1-3H3/b10-7-,18-16-,24-22-,28-27-. The van der Waals surface area contributed by atoms with Crippen molar-refractivity contribution < 1.29 is 23.8 Å². The quantitative estimate of drug-likeness (QED) is 0.0348. The average molecular weight is 813 g/mol. The molecule has 0 saturated carbocycles. The Morgan fingerprint density at radius 1 is 0.397 bits per heavy atom. The third-order valence-corrected chi connectivity index (χ3v) is 10.9. The molecule has 0 fully saturated rings. The number of ether oxygens (including phenoxy) is 3. The van der Waals surface area contributed by atoms with E-state index >= 15 is 0 Å². The molecule has 338 valence electrons. The fraction of sp³-hybridized carbons (Fsp3) is 0.811. The van der Waals surface area contributed by atoms with Gasteiger partial charge in [-0.2, -0.15) is 0 Å². The van der Waals surface area contributed by atoms with Crippen LogP contribution in [0.25, 0.3) is 0 Å². The molecule has 0 spiro atoms. The second-order valence-corrected chi connectivity index (χ2v) is 16.7. The third kappa shape index (κ3) is 46.5. The SMILES string of the molecule is CC/C=C\C/C=C\C/C=C\C/C=C\CCCCCCCCC(=O)OCC(COCCCCCCCCCCCCCCCCCC)OC(=O)CCCCCCCCC. The van der Waals surface area contributed by atoms with Crippen LogP contribution in [0.3, 0.4) is 0 Å². The molecule has 0 aliphatic heterocycles. The second-order valence-electron chi connectivity index (χ2n) is 16.7. The van der Waals surface area contributed by atoms with E-state index in [1.54, 1.807) is 0 Å².